The summed E-state index contributed by atoms with van der Waals surface area (Å²) in [7, 11) is -3.57. The lowest BCUT2D eigenvalue weighted by atomic mass is 9.84. The Morgan fingerprint density at radius 3 is 2.62 bits per heavy atom. The van der Waals surface area contributed by atoms with Gasteiger partial charge in [-0.2, -0.15) is 0 Å². The van der Waals surface area contributed by atoms with Gasteiger partial charge in [0, 0.05) is 11.6 Å². The summed E-state index contributed by atoms with van der Waals surface area (Å²) in [4.78, 5) is 0.183. The normalized spacial score (nSPS) is 18.8. The summed E-state index contributed by atoms with van der Waals surface area (Å²) >= 11 is 3.21. The van der Waals surface area contributed by atoms with E-state index in [2.05, 4.69) is 26.0 Å². The highest BCUT2D eigenvalue weighted by Gasteiger charge is 2.34. The molecule has 0 unspecified atom stereocenters. The highest BCUT2D eigenvalue weighted by Crippen LogP contribution is 2.32. The Kier molecular flexibility index (Phi) is 5.51. The van der Waals surface area contributed by atoms with Gasteiger partial charge < -0.3 is 9.73 Å². The smallest absolute Gasteiger partial charge is 0.245 e. The molecule has 0 aromatic carbocycles. The third-order valence-corrected chi connectivity index (χ3v) is 6.38. The van der Waals surface area contributed by atoms with Crippen LogP contribution in [0.2, 0.25) is 0 Å². The summed E-state index contributed by atoms with van der Waals surface area (Å²) in [6, 6.07) is 1.58. The lowest BCUT2D eigenvalue weighted by Crippen LogP contribution is -2.47. The Balaban J connectivity index is 2.17. The Bertz CT molecular complexity index is 577. The van der Waals surface area contributed by atoms with Crippen molar-refractivity contribution in [1.29, 1.82) is 0 Å². The molecule has 2 N–H and O–H groups in total. The Morgan fingerprint density at radius 2 is 2.00 bits per heavy atom. The first-order valence-electron chi connectivity index (χ1n) is 7.39. The van der Waals surface area contributed by atoms with Crippen LogP contribution in [-0.2, 0) is 16.6 Å². The molecule has 0 amide bonds. The van der Waals surface area contributed by atoms with E-state index in [1.165, 1.54) is 6.42 Å². The summed E-state index contributed by atoms with van der Waals surface area (Å²) in [6.45, 7) is 5.29. The van der Waals surface area contributed by atoms with Crippen molar-refractivity contribution in [2.24, 2.45) is 0 Å². The van der Waals surface area contributed by atoms with Gasteiger partial charge in [-0.3, -0.25) is 0 Å². The largest absolute Gasteiger partial charge is 0.452 e. The molecular weight excluding hydrogens is 356 g/mol. The number of furan rings is 1. The average Bonchev–Trinajstić information content (AvgIpc) is 2.78. The molecule has 1 aliphatic carbocycles. The molecule has 0 bridgehead atoms. The van der Waals surface area contributed by atoms with Gasteiger partial charge in [-0.05, 0) is 42.2 Å². The molecule has 0 saturated heterocycles. The van der Waals surface area contributed by atoms with Crippen LogP contribution in [0.25, 0.3) is 0 Å². The summed E-state index contributed by atoms with van der Waals surface area (Å²) in [6.07, 6.45) is 5.08. The van der Waals surface area contributed by atoms with Crippen LogP contribution in [0.1, 0.15) is 51.7 Å². The number of rotatable bonds is 6. The molecule has 1 saturated carbocycles. The molecule has 0 spiro atoms. The topological polar surface area (TPSA) is 71.3 Å². The van der Waals surface area contributed by atoms with Gasteiger partial charge >= 0.3 is 0 Å². The van der Waals surface area contributed by atoms with Crippen LogP contribution in [0.3, 0.4) is 0 Å². The van der Waals surface area contributed by atoms with E-state index in [1.807, 2.05) is 13.8 Å². The Hall–Kier alpha value is -0.370. The fourth-order valence-corrected chi connectivity index (χ4v) is 5.19. The van der Waals surface area contributed by atoms with Gasteiger partial charge in [-0.1, -0.05) is 26.2 Å². The van der Waals surface area contributed by atoms with Crippen LogP contribution in [0, 0.1) is 0 Å². The maximum Gasteiger partial charge on any atom is 0.245 e. The lowest BCUT2D eigenvalue weighted by molar-refractivity contribution is 0.294. The molecule has 0 radical (unpaired) electrons. The zero-order chi connectivity index (χ0) is 15.5. The Labute approximate surface area is 135 Å². The first-order valence-corrected chi connectivity index (χ1v) is 9.67. The van der Waals surface area contributed by atoms with E-state index in [0.29, 0.717) is 12.3 Å². The van der Waals surface area contributed by atoms with Crippen LogP contribution in [0.5, 0.6) is 0 Å². The lowest BCUT2D eigenvalue weighted by Gasteiger charge is -2.33. The minimum Gasteiger partial charge on any atom is -0.452 e. The van der Waals surface area contributed by atoms with Crippen molar-refractivity contribution in [3.05, 3.63) is 16.5 Å². The van der Waals surface area contributed by atoms with E-state index < -0.39 is 10.0 Å². The van der Waals surface area contributed by atoms with Gasteiger partial charge in [-0.15, -0.1) is 0 Å². The minimum absolute atomic E-state index is 0.183. The van der Waals surface area contributed by atoms with Crippen molar-refractivity contribution in [3.8, 4) is 0 Å². The van der Waals surface area contributed by atoms with Crippen molar-refractivity contribution in [2.75, 3.05) is 6.54 Å². The molecule has 1 aromatic rings. The molecular formula is C14H23BrN2O3S. The number of hydrogen-bond acceptors (Lipinski definition) is 4. The van der Waals surface area contributed by atoms with E-state index >= 15 is 0 Å². The molecule has 120 valence electrons. The summed E-state index contributed by atoms with van der Waals surface area (Å²) in [5, 5.41) is 3.12. The second kappa shape index (κ2) is 6.81. The molecule has 2 rings (SSSR count). The number of sulfonamides is 1. The number of hydrogen-bond donors (Lipinski definition) is 2. The molecule has 1 aliphatic rings. The third kappa shape index (κ3) is 4.31. The predicted molar refractivity (Wildman–Crippen MR) is 85.6 cm³/mol. The number of nitrogens with one attached hydrogen (secondary N) is 2. The molecule has 0 atom stereocenters. The fourth-order valence-electron chi connectivity index (χ4n) is 2.73. The second-order valence-electron chi connectivity index (χ2n) is 5.86. The summed E-state index contributed by atoms with van der Waals surface area (Å²) < 4.78 is 33.8. The fraction of sp³-hybridized carbons (Fsp3) is 0.714. The zero-order valence-corrected chi connectivity index (χ0v) is 14.9. The van der Waals surface area contributed by atoms with Crippen molar-refractivity contribution in [1.82, 2.24) is 10.0 Å². The average molecular weight is 379 g/mol. The predicted octanol–water partition coefficient (Wildman–Crippen LogP) is 3.15. The SMILES string of the molecule is CCNCc1cc(S(=O)(=O)NC2(C)CCCCC2)c(Br)o1. The molecule has 7 heteroatoms. The van der Waals surface area contributed by atoms with E-state index in [-0.39, 0.29) is 15.1 Å². The van der Waals surface area contributed by atoms with Crippen LogP contribution in [0.4, 0.5) is 0 Å². The molecule has 21 heavy (non-hydrogen) atoms. The van der Waals surface area contributed by atoms with Crippen molar-refractivity contribution >= 4 is 26.0 Å². The molecule has 5 nitrogen and oxygen atoms in total. The van der Waals surface area contributed by atoms with Gasteiger partial charge in [0.2, 0.25) is 10.0 Å². The van der Waals surface area contributed by atoms with Gasteiger partial charge in [0.05, 0.1) is 6.54 Å². The maximum atomic E-state index is 12.6. The van der Waals surface area contributed by atoms with Crippen LogP contribution < -0.4 is 10.0 Å². The molecule has 1 aromatic heterocycles. The van der Waals surface area contributed by atoms with Crippen LogP contribution >= 0.6 is 15.9 Å². The first-order chi connectivity index (χ1) is 9.86. The zero-order valence-electron chi connectivity index (χ0n) is 12.5. The van der Waals surface area contributed by atoms with Crippen molar-refractivity contribution in [2.45, 2.75) is 62.9 Å². The van der Waals surface area contributed by atoms with E-state index in [0.717, 1.165) is 32.2 Å². The number of halogens is 1. The summed E-state index contributed by atoms with van der Waals surface area (Å²) in [5.41, 5.74) is -0.352. The Morgan fingerprint density at radius 1 is 1.33 bits per heavy atom. The van der Waals surface area contributed by atoms with E-state index in [9.17, 15) is 8.42 Å². The monoisotopic (exact) mass is 378 g/mol. The van der Waals surface area contributed by atoms with Gasteiger partial charge in [-0.25, -0.2) is 13.1 Å². The first kappa shape index (κ1) is 17.0. The van der Waals surface area contributed by atoms with Crippen molar-refractivity contribution < 1.29 is 12.8 Å². The van der Waals surface area contributed by atoms with E-state index in [4.69, 9.17) is 4.42 Å². The van der Waals surface area contributed by atoms with Gasteiger partial charge in [0.1, 0.15) is 10.7 Å². The van der Waals surface area contributed by atoms with Gasteiger partial charge in [0.25, 0.3) is 0 Å². The quantitative estimate of drug-likeness (QED) is 0.797. The highest BCUT2D eigenvalue weighted by molar-refractivity contribution is 9.10. The van der Waals surface area contributed by atoms with E-state index in [1.54, 1.807) is 6.07 Å². The van der Waals surface area contributed by atoms with Gasteiger partial charge in [0.15, 0.2) is 4.67 Å². The standard InChI is InChI=1S/C14H23BrN2O3S/c1-3-16-10-11-9-12(13(15)20-11)21(18,19)17-14(2)7-5-4-6-8-14/h9,16-17H,3-8,10H2,1-2H3. The third-order valence-electron chi connectivity index (χ3n) is 3.88. The molecule has 0 aliphatic heterocycles. The van der Waals surface area contributed by atoms with Crippen molar-refractivity contribution in [3.63, 3.8) is 0 Å². The second-order valence-corrected chi connectivity index (χ2v) is 8.23. The molecule has 1 fully saturated rings. The van der Waals surface area contributed by atoms with Crippen LogP contribution in [0.15, 0.2) is 20.0 Å². The maximum absolute atomic E-state index is 12.6. The van der Waals surface area contributed by atoms with Crippen LogP contribution in [-0.4, -0.2) is 20.5 Å². The minimum atomic E-state index is -3.57. The highest BCUT2D eigenvalue weighted by atomic mass is 79.9. The summed E-state index contributed by atoms with van der Waals surface area (Å²) in [5.74, 6) is 0.609. The molecule has 1 heterocycles.